The maximum atomic E-state index is 15.3. The van der Waals surface area contributed by atoms with Crippen molar-refractivity contribution in [2.75, 3.05) is 47.4 Å². The van der Waals surface area contributed by atoms with Crippen LogP contribution in [0.2, 0.25) is 0 Å². The van der Waals surface area contributed by atoms with Gasteiger partial charge in [-0.25, -0.2) is 19.6 Å². The highest BCUT2D eigenvalue weighted by Crippen LogP contribution is 2.40. The standard InChI is InChI=1S/C50H68FN9O7S/c1-13-32(43(52-15-3)30(7)66-12)45-34-24-50(8,9)28-67-48(64)36-18-17-21-60(55-36)47(63)37(23-41-53-38(27-68-41)31-19-20-39(33(34)22-31)59(45)16-4)54-46(62)44(29(5)6)57(11)49(65)58-25-35(51)40(26-58)56(10)42(61)14-2/h13-15,19-20,22,27,29-30,35-37,40,44,55H,1-2,16-18,21,23-26,28H2,3-12H3,(H,54,62)/b43-32+,52-15?/t30-,35-,36?,37-,40-,44-/m0/s1. The van der Waals surface area contributed by atoms with Crippen LogP contribution in [0.15, 0.2) is 59.6 Å². The number of carbonyl (C=O) groups excluding carboxylic acids is 5. The quantitative estimate of drug-likeness (QED) is 0.0929. The second-order valence-electron chi connectivity index (χ2n) is 18.9. The van der Waals surface area contributed by atoms with Gasteiger partial charge in [0.05, 0.1) is 47.4 Å². The number of rotatable bonds is 12. The fraction of sp³-hybridized carbons (Fsp3) is 0.540. The highest BCUT2D eigenvalue weighted by atomic mass is 32.1. The molecule has 18 heteroatoms. The number of halogens is 1. The number of amides is 5. The number of hydrazine groups is 1. The average Bonchev–Trinajstić information content (AvgIpc) is 4.04. The molecule has 6 bridgehead atoms. The molecule has 0 radical (unpaired) electrons. The van der Waals surface area contributed by atoms with Gasteiger partial charge in [0.2, 0.25) is 11.8 Å². The Morgan fingerprint density at radius 3 is 2.54 bits per heavy atom. The van der Waals surface area contributed by atoms with E-state index in [0.29, 0.717) is 36.5 Å². The van der Waals surface area contributed by atoms with E-state index >= 15 is 4.39 Å². The fourth-order valence-electron chi connectivity index (χ4n) is 9.58. The lowest BCUT2D eigenvalue weighted by Gasteiger charge is -2.37. The van der Waals surface area contributed by atoms with E-state index in [2.05, 4.69) is 61.4 Å². The second kappa shape index (κ2) is 21.7. The van der Waals surface area contributed by atoms with Crippen LogP contribution in [0.4, 0.5) is 9.18 Å². The Balaban J connectivity index is 1.40. The molecule has 2 N–H and O–H groups in total. The van der Waals surface area contributed by atoms with Gasteiger partial charge < -0.3 is 34.1 Å². The number of nitrogens with zero attached hydrogens (tertiary/aromatic N) is 7. The molecule has 3 aliphatic rings. The largest absolute Gasteiger partial charge is 0.464 e. The number of hydrogen-bond acceptors (Lipinski definition) is 11. The van der Waals surface area contributed by atoms with E-state index in [4.69, 9.17) is 19.5 Å². The summed E-state index contributed by atoms with van der Waals surface area (Å²) in [6, 6.07) is 1.70. The van der Waals surface area contributed by atoms with Crippen LogP contribution in [0.1, 0.15) is 77.6 Å². The van der Waals surface area contributed by atoms with Gasteiger partial charge in [0.1, 0.15) is 24.3 Å². The molecule has 368 valence electrons. The molecular formula is C50H68FN9O7S. The maximum absolute atomic E-state index is 15.3. The number of benzene rings is 1. The predicted octanol–water partition coefficient (Wildman–Crippen LogP) is 6.20. The molecule has 2 aromatic heterocycles. The van der Waals surface area contributed by atoms with Crippen LogP contribution >= 0.6 is 11.3 Å². The zero-order chi connectivity index (χ0) is 49.8. The SMILES string of the molecule is C=CC(=O)N(C)[C@H]1CN(C(=O)N(C)[C@H](C(=O)N[C@H]2Cc3nc(cs3)-c3ccc4c(c3)c(c(/C(C=C)=C(/N=CC)[C@H](C)OC)n4CC)CC(C)(C)COC(=O)C3CCCN(N3)C2=O)C(C)C)C[C@@H]1F. The molecule has 16 nitrogen and oxygen atoms in total. The molecule has 2 saturated heterocycles. The van der Waals surface area contributed by atoms with Crippen LogP contribution in [0.5, 0.6) is 0 Å². The highest BCUT2D eigenvalue weighted by molar-refractivity contribution is 7.10. The highest BCUT2D eigenvalue weighted by Gasteiger charge is 2.43. The number of thiazole rings is 1. The third-order valence-electron chi connectivity index (χ3n) is 13.2. The van der Waals surface area contributed by atoms with Crippen molar-refractivity contribution in [1.82, 2.24) is 40.0 Å². The van der Waals surface area contributed by atoms with Gasteiger partial charge in [0, 0.05) is 86.3 Å². The first kappa shape index (κ1) is 51.7. The number of fused-ring (bicyclic) bond motifs is 6. The molecule has 0 spiro atoms. The van der Waals surface area contributed by atoms with Crippen molar-refractivity contribution in [3.8, 4) is 11.3 Å². The van der Waals surface area contributed by atoms with Crippen LogP contribution in [0, 0.1) is 11.3 Å². The summed E-state index contributed by atoms with van der Waals surface area (Å²) in [7, 11) is 4.59. The first-order valence-electron chi connectivity index (χ1n) is 23.4. The maximum Gasteiger partial charge on any atom is 0.324 e. The minimum absolute atomic E-state index is 0.00987. The van der Waals surface area contributed by atoms with Crippen LogP contribution in [0.25, 0.3) is 27.7 Å². The number of likely N-dealkylation sites (N-methyl/N-ethyl adjacent to an activating group) is 2. The zero-order valence-corrected chi connectivity index (χ0v) is 42.0. The van der Waals surface area contributed by atoms with Crippen LogP contribution in [-0.2, 0) is 48.0 Å². The van der Waals surface area contributed by atoms with Gasteiger partial charge in [0.25, 0.3) is 5.91 Å². The molecule has 3 aliphatic heterocycles. The molecule has 5 amide bonds. The summed E-state index contributed by atoms with van der Waals surface area (Å²) in [4.78, 5) is 82.9. The Kier molecular flexibility index (Phi) is 16.5. The van der Waals surface area contributed by atoms with Gasteiger partial charge in [-0.1, -0.05) is 53.0 Å². The number of nitrogens with one attached hydrogen (secondary N) is 2. The monoisotopic (exact) mass is 957 g/mol. The summed E-state index contributed by atoms with van der Waals surface area (Å²) < 4.78 is 29.4. The third-order valence-corrected chi connectivity index (χ3v) is 14.1. The topological polar surface area (TPSA) is 171 Å². The summed E-state index contributed by atoms with van der Waals surface area (Å²) in [5.74, 6) is -2.47. The summed E-state index contributed by atoms with van der Waals surface area (Å²) >= 11 is 1.36. The van der Waals surface area contributed by atoms with E-state index in [1.54, 1.807) is 27.2 Å². The molecule has 3 aromatic rings. The van der Waals surface area contributed by atoms with E-state index in [9.17, 15) is 24.0 Å². The number of hydrogen-bond donors (Lipinski definition) is 2. The minimum atomic E-state index is -1.50. The second-order valence-corrected chi connectivity index (χ2v) is 19.9. The van der Waals surface area contributed by atoms with Gasteiger partial charge in [-0.05, 0) is 69.7 Å². The van der Waals surface area contributed by atoms with E-state index in [1.165, 1.54) is 45.1 Å². The molecule has 1 unspecified atom stereocenters. The summed E-state index contributed by atoms with van der Waals surface area (Å²) in [6.45, 7) is 22.0. The Morgan fingerprint density at radius 2 is 1.90 bits per heavy atom. The zero-order valence-electron chi connectivity index (χ0n) is 41.1. The van der Waals surface area contributed by atoms with Crippen molar-refractivity contribution in [3.63, 3.8) is 0 Å². The van der Waals surface area contributed by atoms with Crippen molar-refractivity contribution >= 4 is 63.7 Å². The lowest BCUT2D eigenvalue weighted by molar-refractivity contribution is -0.155. The lowest BCUT2D eigenvalue weighted by atomic mass is 9.84. The average molecular weight is 958 g/mol. The number of alkyl halides is 1. The first-order chi connectivity index (χ1) is 32.3. The lowest BCUT2D eigenvalue weighted by Crippen LogP contribution is -2.62. The summed E-state index contributed by atoms with van der Waals surface area (Å²) in [5.41, 5.74) is 8.62. The molecule has 5 heterocycles. The van der Waals surface area contributed by atoms with Crippen molar-refractivity contribution < 1.29 is 37.8 Å². The van der Waals surface area contributed by atoms with E-state index in [1.807, 2.05) is 31.4 Å². The first-order valence-corrected chi connectivity index (χ1v) is 24.2. The molecule has 1 aromatic carbocycles. The number of aryl methyl sites for hydroxylation is 1. The number of allylic oxidation sites excluding steroid dienone is 2. The molecule has 68 heavy (non-hydrogen) atoms. The van der Waals surface area contributed by atoms with Gasteiger partial charge in [-0.15, -0.1) is 11.3 Å². The number of aliphatic imine (C=N–C) groups is 1. The number of carbonyl (C=O) groups is 5. The number of urea groups is 1. The van der Waals surface area contributed by atoms with E-state index in [0.717, 1.165) is 45.1 Å². The number of aromatic nitrogens is 2. The van der Waals surface area contributed by atoms with Crippen LogP contribution in [-0.4, -0.2) is 149 Å². The van der Waals surface area contributed by atoms with Gasteiger partial charge >= 0.3 is 12.0 Å². The van der Waals surface area contributed by atoms with Gasteiger partial charge in [-0.3, -0.25) is 29.2 Å². The Hall–Kier alpha value is -5.72. The Bertz CT molecular complexity index is 2480. The molecule has 6 rings (SSSR count). The molecular weight excluding hydrogens is 890 g/mol. The third kappa shape index (κ3) is 10.8. The minimum Gasteiger partial charge on any atom is -0.464 e. The predicted molar refractivity (Wildman–Crippen MR) is 263 cm³/mol. The Labute approximate surface area is 403 Å². The fourth-order valence-corrected chi connectivity index (χ4v) is 10.4. The number of likely N-dealkylation sites (tertiary alicyclic amines) is 1. The van der Waals surface area contributed by atoms with Crippen molar-refractivity contribution in [1.29, 1.82) is 0 Å². The van der Waals surface area contributed by atoms with Crippen LogP contribution < -0.4 is 10.7 Å². The van der Waals surface area contributed by atoms with E-state index in [-0.39, 0.29) is 38.8 Å². The number of esters is 1. The van der Waals surface area contributed by atoms with Crippen LogP contribution in [0.3, 0.4) is 0 Å². The van der Waals surface area contributed by atoms with E-state index < -0.39 is 71.4 Å². The van der Waals surface area contributed by atoms with Crippen molar-refractivity contribution in [2.45, 2.75) is 117 Å². The number of methoxy groups -OCH3 is 1. The molecule has 0 saturated carbocycles. The summed E-state index contributed by atoms with van der Waals surface area (Å²) in [6.07, 6.45) is 4.28. The molecule has 0 aliphatic carbocycles. The normalized spacial score (nSPS) is 22.4. The number of cyclic esters (lactones) is 1. The number of ether oxygens (including phenoxy) is 2. The van der Waals surface area contributed by atoms with Gasteiger partial charge in [0.15, 0.2) is 0 Å². The molecule has 2 fully saturated rings. The van der Waals surface area contributed by atoms with Gasteiger partial charge in [-0.2, -0.15) is 0 Å². The Morgan fingerprint density at radius 1 is 1.16 bits per heavy atom. The smallest absolute Gasteiger partial charge is 0.324 e. The van der Waals surface area contributed by atoms with Crippen molar-refractivity contribution in [3.05, 3.63) is 70.9 Å². The summed E-state index contributed by atoms with van der Waals surface area (Å²) in [5, 5.41) is 7.83. The molecule has 6 atom stereocenters. The van der Waals surface area contributed by atoms with Crippen molar-refractivity contribution in [2.24, 2.45) is 16.3 Å².